The molecule has 0 radical (unpaired) electrons. The summed E-state index contributed by atoms with van der Waals surface area (Å²) in [6, 6.07) is 9.94. The highest BCUT2D eigenvalue weighted by atomic mass is 32.1. The standard InChI is InChI=1S/C21H32N2O4SSi/c1-20(2,3)26-19(24)23-12-18(25-13-17-10-8-7-9-11-17)21(15-23,14-22-16-28)27-29(4,5)6/h7-11,18H,12-15H2,1-6H3. The molecule has 29 heavy (non-hydrogen) atoms. The first-order valence-corrected chi connectivity index (χ1v) is 13.6. The Morgan fingerprint density at radius 2 is 1.97 bits per heavy atom. The van der Waals surface area contributed by atoms with Crippen LogP contribution in [-0.2, 0) is 20.5 Å². The van der Waals surface area contributed by atoms with Crippen molar-refractivity contribution in [3.05, 3.63) is 35.9 Å². The van der Waals surface area contributed by atoms with Gasteiger partial charge in [0.05, 0.1) is 31.4 Å². The maximum absolute atomic E-state index is 12.7. The largest absolute Gasteiger partial charge is 0.444 e. The Balaban J connectivity index is 2.28. The first kappa shape index (κ1) is 23.7. The van der Waals surface area contributed by atoms with Gasteiger partial charge < -0.3 is 18.8 Å². The molecule has 1 aliphatic rings. The number of amides is 1. The van der Waals surface area contributed by atoms with Crippen LogP contribution in [0, 0.1) is 0 Å². The van der Waals surface area contributed by atoms with Crippen LogP contribution in [-0.4, -0.2) is 61.4 Å². The van der Waals surface area contributed by atoms with E-state index in [4.69, 9.17) is 26.1 Å². The molecule has 6 nitrogen and oxygen atoms in total. The number of carbonyl (C=O) groups is 1. The number of carbonyl (C=O) groups excluding carboxylic acids is 1. The molecule has 0 saturated carbocycles. The molecule has 160 valence electrons. The molecule has 1 heterocycles. The van der Waals surface area contributed by atoms with Crippen molar-refractivity contribution in [3.8, 4) is 0 Å². The van der Waals surface area contributed by atoms with E-state index in [2.05, 4.69) is 29.8 Å². The maximum atomic E-state index is 12.7. The van der Waals surface area contributed by atoms with Crippen LogP contribution >= 0.6 is 12.2 Å². The van der Waals surface area contributed by atoms with Crippen molar-refractivity contribution in [2.45, 2.75) is 64.3 Å². The third-order valence-corrected chi connectivity index (χ3v) is 5.45. The molecule has 1 fully saturated rings. The zero-order valence-corrected chi connectivity index (χ0v) is 20.0. The third-order valence-electron chi connectivity index (χ3n) is 4.30. The van der Waals surface area contributed by atoms with Gasteiger partial charge in [-0.05, 0) is 58.2 Å². The Morgan fingerprint density at radius 3 is 2.52 bits per heavy atom. The molecule has 0 N–H and O–H groups in total. The summed E-state index contributed by atoms with van der Waals surface area (Å²) < 4.78 is 18.4. The van der Waals surface area contributed by atoms with Gasteiger partial charge in [-0.2, -0.15) is 0 Å². The highest BCUT2D eigenvalue weighted by Crippen LogP contribution is 2.33. The normalized spacial score (nSPS) is 22.3. The summed E-state index contributed by atoms with van der Waals surface area (Å²) >= 11 is 4.80. The average Bonchev–Trinajstić information content (AvgIpc) is 2.94. The zero-order chi connectivity index (χ0) is 21.7. The summed E-state index contributed by atoms with van der Waals surface area (Å²) in [5, 5.41) is 2.44. The lowest BCUT2D eigenvalue weighted by Crippen LogP contribution is -2.54. The van der Waals surface area contributed by atoms with Gasteiger partial charge in [0.25, 0.3) is 0 Å². The van der Waals surface area contributed by atoms with Crippen LogP contribution in [0.15, 0.2) is 35.3 Å². The van der Waals surface area contributed by atoms with Crippen LogP contribution in [0.2, 0.25) is 19.6 Å². The number of ether oxygens (including phenoxy) is 2. The Bertz CT molecular complexity index is 741. The van der Waals surface area contributed by atoms with Gasteiger partial charge in [0.1, 0.15) is 17.3 Å². The summed E-state index contributed by atoms with van der Waals surface area (Å²) in [6.45, 7) is 13.3. The number of benzene rings is 1. The first-order valence-electron chi connectivity index (χ1n) is 9.81. The van der Waals surface area contributed by atoms with Gasteiger partial charge >= 0.3 is 6.09 Å². The zero-order valence-electron chi connectivity index (χ0n) is 18.2. The maximum Gasteiger partial charge on any atom is 0.410 e. The average molecular weight is 437 g/mol. The van der Waals surface area contributed by atoms with E-state index in [9.17, 15) is 4.79 Å². The molecule has 1 aliphatic heterocycles. The number of thiocarbonyl (C=S) groups is 1. The monoisotopic (exact) mass is 436 g/mol. The van der Waals surface area contributed by atoms with Crippen LogP contribution in [0.4, 0.5) is 4.79 Å². The highest BCUT2D eigenvalue weighted by molar-refractivity contribution is 7.78. The van der Waals surface area contributed by atoms with Gasteiger partial charge in [-0.3, -0.25) is 0 Å². The molecule has 2 atom stereocenters. The number of isothiocyanates is 1. The summed E-state index contributed by atoms with van der Waals surface area (Å²) in [6.07, 6.45) is -0.729. The minimum absolute atomic E-state index is 0.291. The van der Waals surface area contributed by atoms with Gasteiger partial charge in [0, 0.05) is 0 Å². The van der Waals surface area contributed by atoms with Gasteiger partial charge in [-0.25, -0.2) is 9.79 Å². The summed E-state index contributed by atoms with van der Waals surface area (Å²) in [4.78, 5) is 18.6. The highest BCUT2D eigenvalue weighted by Gasteiger charge is 2.52. The second-order valence-electron chi connectivity index (χ2n) is 9.33. The molecule has 0 aromatic heterocycles. The van der Waals surface area contributed by atoms with Crippen LogP contribution in [0.25, 0.3) is 0 Å². The summed E-state index contributed by atoms with van der Waals surface area (Å²) in [5.74, 6) is 0. The van der Waals surface area contributed by atoms with Gasteiger partial charge in [-0.1, -0.05) is 30.3 Å². The Kier molecular flexibility index (Phi) is 7.76. The number of rotatable bonds is 7. The molecular formula is C21H32N2O4SSi. The fourth-order valence-electron chi connectivity index (χ4n) is 3.36. The van der Waals surface area contributed by atoms with E-state index in [1.807, 2.05) is 51.1 Å². The van der Waals surface area contributed by atoms with Crippen molar-refractivity contribution in [3.63, 3.8) is 0 Å². The summed E-state index contributed by atoms with van der Waals surface area (Å²) in [7, 11) is -1.99. The Morgan fingerprint density at radius 1 is 1.31 bits per heavy atom. The Hall–Kier alpha value is -1.57. The molecule has 0 bridgehead atoms. The van der Waals surface area contributed by atoms with E-state index in [1.54, 1.807) is 4.90 Å². The van der Waals surface area contributed by atoms with Crippen LogP contribution in [0.1, 0.15) is 26.3 Å². The molecule has 1 saturated heterocycles. The van der Waals surface area contributed by atoms with E-state index in [0.717, 1.165) is 5.56 Å². The van der Waals surface area contributed by atoms with Crippen molar-refractivity contribution in [2.24, 2.45) is 4.99 Å². The topological polar surface area (TPSA) is 60.4 Å². The summed E-state index contributed by atoms with van der Waals surface area (Å²) in [5.41, 5.74) is -0.292. The Labute approximate surface area is 180 Å². The van der Waals surface area contributed by atoms with E-state index in [-0.39, 0.29) is 12.2 Å². The minimum atomic E-state index is -1.99. The van der Waals surface area contributed by atoms with Crippen molar-refractivity contribution in [1.29, 1.82) is 0 Å². The lowest BCUT2D eigenvalue weighted by molar-refractivity contribution is -0.0679. The van der Waals surface area contributed by atoms with Gasteiger partial charge in [0.15, 0.2) is 8.32 Å². The van der Waals surface area contributed by atoms with Crippen LogP contribution < -0.4 is 0 Å². The van der Waals surface area contributed by atoms with Crippen molar-refractivity contribution in [2.75, 3.05) is 19.6 Å². The molecule has 2 unspecified atom stereocenters. The first-order chi connectivity index (χ1) is 13.4. The van der Waals surface area contributed by atoms with Crippen molar-refractivity contribution >= 4 is 31.8 Å². The lowest BCUT2D eigenvalue weighted by Gasteiger charge is -2.38. The van der Waals surface area contributed by atoms with E-state index in [0.29, 0.717) is 26.2 Å². The molecular weight excluding hydrogens is 404 g/mol. The fraction of sp³-hybridized carbons (Fsp3) is 0.619. The molecule has 1 amide bonds. The number of hydrogen-bond donors (Lipinski definition) is 0. The third kappa shape index (κ3) is 7.32. The predicted octanol–water partition coefficient (Wildman–Crippen LogP) is 4.52. The fourth-order valence-corrected chi connectivity index (χ4v) is 4.90. The molecule has 1 aromatic carbocycles. The second kappa shape index (κ2) is 9.49. The lowest BCUT2D eigenvalue weighted by atomic mass is 10.0. The molecule has 1 aromatic rings. The van der Waals surface area contributed by atoms with E-state index in [1.165, 1.54) is 0 Å². The van der Waals surface area contributed by atoms with Crippen molar-refractivity contribution < 1.29 is 18.7 Å². The van der Waals surface area contributed by atoms with E-state index >= 15 is 0 Å². The minimum Gasteiger partial charge on any atom is -0.444 e. The van der Waals surface area contributed by atoms with Gasteiger partial charge in [-0.15, -0.1) is 0 Å². The number of hydrogen-bond acceptors (Lipinski definition) is 6. The molecule has 2 rings (SSSR count). The quantitative estimate of drug-likeness (QED) is 0.357. The number of nitrogens with zero attached hydrogens (tertiary/aromatic N) is 2. The molecule has 0 aliphatic carbocycles. The van der Waals surface area contributed by atoms with Gasteiger partial charge in [0.2, 0.25) is 0 Å². The number of likely N-dealkylation sites (tertiary alicyclic amines) is 1. The smallest absolute Gasteiger partial charge is 0.410 e. The number of aliphatic imine (C=N–C) groups is 1. The van der Waals surface area contributed by atoms with E-state index < -0.39 is 19.5 Å². The van der Waals surface area contributed by atoms with Crippen molar-refractivity contribution in [1.82, 2.24) is 4.90 Å². The van der Waals surface area contributed by atoms with Crippen LogP contribution in [0.3, 0.4) is 0 Å². The molecule has 0 spiro atoms. The van der Waals surface area contributed by atoms with Crippen LogP contribution in [0.5, 0.6) is 0 Å². The molecule has 8 heteroatoms. The SMILES string of the molecule is CC(C)(C)OC(=O)N1CC(OCc2ccccc2)C(CN=C=S)(O[Si](C)(C)C)C1. The predicted molar refractivity (Wildman–Crippen MR) is 120 cm³/mol. The second-order valence-corrected chi connectivity index (χ2v) is 13.9.